The highest BCUT2D eigenvalue weighted by molar-refractivity contribution is 5.80. The van der Waals surface area contributed by atoms with Gasteiger partial charge in [0.25, 0.3) is 0 Å². The zero-order valence-corrected chi connectivity index (χ0v) is 13.2. The fourth-order valence-corrected chi connectivity index (χ4v) is 2.44. The summed E-state index contributed by atoms with van der Waals surface area (Å²) in [7, 11) is 1.43. The van der Waals surface area contributed by atoms with E-state index in [1.807, 2.05) is 0 Å². The van der Waals surface area contributed by atoms with Crippen molar-refractivity contribution in [1.29, 1.82) is 0 Å². The lowest BCUT2D eigenvalue weighted by Crippen LogP contribution is -2.58. The Bertz CT molecular complexity index is 309. The predicted molar refractivity (Wildman–Crippen MR) is 76.0 cm³/mol. The summed E-state index contributed by atoms with van der Waals surface area (Å²) in [4.78, 5) is 12.2. The molecule has 0 bridgehead atoms. The van der Waals surface area contributed by atoms with Gasteiger partial charge in [0.05, 0.1) is 13.7 Å². The Morgan fingerprint density at radius 2 is 2.05 bits per heavy atom. The minimum atomic E-state index is -0.824. The molecule has 1 aliphatic heterocycles. The van der Waals surface area contributed by atoms with Crippen molar-refractivity contribution in [3.8, 4) is 0 Å². The minimum absolute atomic E-state index is 0.147. The summed E-state index contributed by atoms with van der Waals surface area (Å²) < 4.78 is 11.0. The van der Waals surface area contributed by atoms with E-state index in [-0.39, 0.29) is 11.4 Å². The SMILES string of the molecule is COC(=O)[C@@]1(OCC(C)C)CNC[C@H](C(C)(C)C)C1. The van der Waals surface area contributed by atoms with Gasteiger partial charge >= 0.3 is 5.97 Å². The molecule has 2 atom stereocenters. The van der Waals surface area contributed by atoms with Crippen LogP contribution in [0.5, 0.6) is 0 Å². The molecule has 0 aliphatic carbocycles. The number of carbonyl (C=O) groups is 1. The Labute approximate surface area is 117 Å². The molecule has 1 saturated heterocycles. The predicted octanol–water partition coefficient (Wildman–Crippen LogP) is 2.23. The third-order valence-electron chi connectivity index (χ3n) is 3.85. The summed E-state index contributed by atoms with van der Waals surface area (Å²) in [5.74, 6) is 0.540. The maximum absolute atomic E-state index is 12.2. The molecule has 0 radical (unpaired) electrons. The summed E-state index contributed by atoms with van der Waals surface area (Å²) in [6, 6.07) is 0. The highest BCUT2D eigenvalue weighted by Crippen LogP contribution is 2.37. The van der Waals surface area contributed by atoms with Crippen LogP contribution in [0, 0.1) is 17.3 Å². The van der Waals surface area contributed by atoms with E-state index in [1.165, 1.54) is 7.11 Å². The average Bonchev–Trinajstić information content (AvgIpc) is 2.34. The zero-order valence-electron chi connectivity index (χ0n) is 13.2. The third kappa shape index (κ3) is 4.18. The van der Waals surface area contributed by atoms with Crippen LogP contribution in [0.25, 0.3) is 0 Å². The number of esters is 1. The van der Waals surface area contributed by atoms with Crippen molar-refractivity contribution in [2.24, 2.45) is 17.3 Å². The van der Waals surface area contributed by atoms with Crippen molar-refractivity contribution in [2.75, 3.05) is 26.8 Å². The van der Waals surface area contributed by atoms with Crippen LogP contribution in [0.4, 0.5) is 0 Å². The van der Waals surface area contributed by atoms with Crippen LogP contribution < -0.4 is 5.32 Å². The van der Waals surface area contributed by atoms with Gasteiger partial charge in [0.1, 0.15) is 0 Å². The van der Waals surface area contributed by atoms with Crippen molar-refractivity contribution in [3.63, 3.8) is 0 Å². The third-order valence-corrected chi connectivity index (χ3v) is 3.85. The van der Waals surface area contributed by atoms with Gasteiger partial charge in [-0.05, 0) is 30.2 Å². The number of carbonyl (C=O) groups excluding carboxylic acids is 1. The molecule has 0 aromatic rings. The van der Waals surface area contributed by atoms with Crippen molar-refractivity contribution in [1.82, 2.24) is 5.32 Å². The van der Waals surface area contributed by atoms with Gasteiger partial charge in [-0.15, -0.1) is 0 Å². The second kappa shape index (κ2) is 6.23. The summed E-state index contributed by atoms with van der Waals surface area (Å²) >= 11 is 0. The molecule has 1 aliphatic rings. The Balaban J connectivity index is 2.87. The van der Waals surface area contributed by atoms with Crippen LogP contribution in [0.15, 0.2) is 0 Å². The van der Waals surface area contributed by atoms with Gasteiger partial charge in [-0.2, -0.15) is 0 Å². The molecule has 1 fully saturated rings. The molecular weight excluding hydrogens is 242 g/mol. The maximum Gasteiger partial charge on any atom is 0.339 e. The molecule has 0 unspecified atom stereocenters. The Hall–Kier alpha value is -0.610. The van der Waals surface area contributed by atoms with Crippen LogP contribution in [0.2, 0.25) is 0 Å². The second-order valence-electron chi connectivity index (χ2n) is 7.09. The lowest BCUT2D eigenvalue weighted by atomic mass is 9.72. The van der Waals surface area contributed by atoms with E-state index in [4.69, 9.17) is 9.47 Å². The van der Waals surface area contributed by atoms with E-state index in [0.29, 0.717) is 25.0 Å². The molecule has 1 N–H and O–H groups in total. The molecule has 1 heterocycles. The normalized spacial score (nSPS) is 28.5. The maximum atomic E-state index is 12.2. The number of ether oxygens (including phenoxy) is 2. The number of hydrogen-bond acceptors (Lipinski definition) is 4. The van der Waals surface area contributed by atoms with Crippen LogP contribution in [0.3, 0.4) is 0 Å². The smallest absolute Gasteiger partial charge is 0.339 e. The summed E-state index contributed by atoms with van der Waals surface area (Å²) in [5.41, 5.74) is -0.677. The number of hydrogen-bond donors (Lipinski definition) is 1. The number of rotatable bonds is 4. The first-order chi connectivity index (χ1) is 8.71. The van der Waals surface area contributed by atoms with E-state index in [1.54, 1.807) is 0 Å². The molecule has 4 heteroatoms. The molecule has 0 saturated carbocycles. The van der Waals surface area contributed by atoms with E-state index in [0.717, 1.165) is 13.0 Å². The lowest BCUT2D eigenvalue weighted by molar-refractivity contribution is -0.178. The first-order valence-corrected chi connectivity index (χ1v) is 7.14. The van der Waals surface area contributed by atoms with Gasteiger partial charge in [0.15, 0.2) is 5.60 Å². The minimum Gasteiger partial charge on any atom is -0.467 e. The van der Waals surface area contributed by atoms with Crippen LogP contribution in [-0.2, 0) is 14.3 Å². The Morgan fingerprint density at radius 3 is 2.53 bits per heavy atom. The number of piperidine rings is 1. The van der Waals surface area contributed by atoms with Gasteiger partial charge < -0.3 is 14.8 Å². The topological polar surface area (TPSA) is 47.6 Å². The highest BCUT2D eigenvalue weighted by Gasteiger charge is 2.47. The van der Waals surface area contributed by atoms with Gasteiger partial charge in [-0.1, -0.05) is 34.6 Å². The van der Waals surface area contributed by atoms with Gasteiger partial charge in [0.2, 0.25) is 0 Å². The van der Waals surface area contributed by atoms with Crippen LogP contribution >= 0.6 is 0 Å². The molecule has 1 rings (SSSR count). The first kappa shape index (κ1) is 16.4. The molecular formula is C15H29NO3. The first-order valence-electron chi connectivity index (χ1n) is 7.14. The summed E-state index contributed by atoms with van der Waals surface area (Å²) in [6.45, 7) is 12.8. The van der Waals surface area contributed by atoms with Crippen molar-refractivity contribution in [2.45, 2.75) is 46.6 Å². The van der Waals surface area contributed by atoms with Gasteiger partial charge in [0, 0.05) is 6.54 Å². The van der Waals surface area contributed by atoms with Crippen molar-refractivity contribution < 1.29 is 14.3 Å². The van der Waals surface area contributed by atoms with Gasteiger partial charge in [-0.25, -0.2) is 4.79 Å². The second-order valence-corrected chi connectivity index (χ2v) is 7.09. The molecule has 19 heavy (non-hydrogen) atoms. The quantitative estimate of drug-likeness (QED) is 0.797. The Kier molecular flexibility index (Phi) is 5.39. The molecule has 0 aromatic heterocycles. The molecule has 0 spiro atoms. The average molecular weight is 271 g/mol. The van der Waals surface area contributed by atoms with Crippen molar-refractivity contribution >= 4 is 5.97 Å². The summed E-state index contributed by atoms with van der Waals surface area (Å²) in [5, 5.41) is 3.35. The fraction of sp³-hybridized carbons (Fsp3) is 0.933. The van der Waals surface area contributed by atoms with E-state index < -0.39 is 5.60 Å². The Morgan fingerprint density at radius 1 is 1.42 bits per heavy atom. The van der Waals surface area contributed by atoms with Crippen LogP contribution in [0.1, 0.15) is 41.0 Å². The summed E-state index contributed by atoms with van der Waals surface area (Å²) in [6.07, 6.45) is 0.725. The number of methoxy groups -OCH3 is 1. The van der Waals surface area contributed by atoms with E-state index >= 15 is 0 Å². The monoisotopic (exact) mass is 271 g/mol. The molecule has 0 amide bonds. The molecule has 4 nitrogen and oxygen atoms in total. The van der Waals surface area contributed by atoms with Crippen LogP contribution in [-0.4, -0.2) is 38.4 Å². The van der Waals surface area contributed by atoms with Gasteiger partial charge in [-0.3, -0.25) is 0 Å². The largest absolute Gasteiger partial charge is 0.467 e. The highest BCUT2D eigenvalue weighted by atomic mass is 16.6. The number of nitrogens with one attached hydrogen (secondary N) is 1. The molecule has 112 valence electrons. The van der Waals surface area contributed by atoms with Crippen molar-refractivity contribution in [3.05, 3.63) is 0 Å². The standard InChI is InChI=1S/C15H29NO3/c1-11(2)9-19-15(13(17)18-6)7-12(8-16-10-15)14(3,4)5/h11-12,16H,7-10H2,1-6H3/t12-,15+/m1/s1. The molecule has 0 aromatic carbocycles. The zero-order chi connectivity index (χ0) is 14.7. The fourth-order valence-electron chi connectivity index (χ4n) is 2.44. The lowest BCUT2D eigenvalue weighted by Gasteiger charge is -2.43. The van der Waals surface area contributed by atoms with E-state index in [2.05, 4.69) is 39.9 Å². The van der Waals surface area contributed by atoms with E-state index in [9.17, 15) is 4.79 Å².